The molecule has 1 atom stereocenters. The fourth-order valence-electron chi connectivity index (χ4n) is 2.37. The highest BCUT2D eigenvalue weighted by Gasteiger charge is 2.20. The highest BCUT2D eigenvalue weighted by molar-refractivity contribution is 6.06. The molecule has 2 amide bonds. The summed E-state index contributed by atoms with van der Waals surface area (Å²) in [5.74, 6) is 0.480. The molecule has 2 N–H and O–H groups in total. The van der Waals surface area contributed by atoms with Gasteiger partial charge in [-0.15, -0.1) is 0 Å². The molecule has 0 radical (unpaired) electrons. The molecular weight excluding hydrogens is 346 g/mol. The maximum absolute atomic E-state index is 12.6. The molecule has 0 spiro atoms. The number of amides is 2. The van der Waals surface area contributed by atoms with Crippen LogP contribution in [0, 0.1) is 6.92 Å². The van der Waals surface area contributed by atoms with Crippen molar-refractivity contribution in [3.63, 3.8) is 0 Å². The van der Waals surface area contributed by atoms with Crippen LogP contribution in [0.3, 0.4) is 0 Å². The van der Waals surface area contributed by atoms with Crippen LogP contribution in [0.15, 0.2) is 65.2 Å². The first-order chi connectivity index (χ1) is 13.0. The van der Waals surface area contributed by atoms with Crippen molar-refractivity contribution in [3.8, 4) is 5.75 Å². The number of carbonyl (C=O) groups is 2. The first-order valence-electron chi connectivity index (χ1n) is 8.39. The second-order valence-electron chi connectivity index (χ2n) is 5.89. The second kappa shape index (κ2) is 8.18. The number of para-hydroxylation sites is 2. The van der Waals surface area contributed by atoms with E-state index in [2.05, 4.69) is 15.8 Å². The van der Waals surface area contributed by atoms with Gasteiger partial charge in [0, 0.05) is 11.8 Å². The Morgan fingerprint density at radius 3 is 2.44 bits per heavy atom. The van der Waals surface area contributed by atoms with Gasteiger partial charge < -0.3 is 19.9 Å². The third-order valence-corrected chi connectivity index (χ3v) is 3.72. The quantitative estimate of drug-likeness (QED) is 0.696. The van der Waals surface area contributed by atoms with E-state index in [9.17, 15) is 9.59 Å². The van der Waals surface area contributed by atoms with Gasteiger partial charge in [0.2, 0.25) is 0 Å². The van der Waals surface area contributed by atoms with Gasteiger partial charge in [0.1, 0.15) is 11.5 Å². The topological polar surface area (TPSA) is 93.5 Å². The van der Waals surface area contributed by atoms with Gasteiger partial charge in [0.15, 0.2) is 11.9 Å². The fourth-order valence-corrected chi connectivity index (χ4v) is 2.37. The van der Waals surface area contributed by atoms with E-state index in [0.717, 1.165) is 0 Å². The van der Waals surface area contributed by atoms with Gasteiger partial charge in [-0.25, -0.2) is 0 Å². The summed E-state index contributed by atoms with van der Waals surface area (Å²) in [4.78, 5) is 24.8. The lowest BCUT2D eigenvalue weighted by molar-refractivity contribution is -0.122. The summed E-state index contributed by atoms with van der Waals surface area (Å²) in [6, 6.07) is 17.5. The Bertz CT molecular complexity index is 937. The molecule has 0 aliphatic carbocycles. The molecule has 1 heterocycles. The molecule has 3 rings (SSSR count). The molecule has 27 heavy (non-hydrogen) atoms. The SMILES string of the molecule is Cc1cc(NC(=O)[C@@H](C)Oc2ccccc2C(=O)Nc2ccccc2)no1. The zero-order valence-corrected chi connectivity index (χ0v) is 14.9. The van der Waals surface area contributed by atoms with Crippen molar-refractivity contribution in [2.75, 3.05) is 10.6 Å². The summed E-state index contributed by atoms with van der Waals surface area (Å²) in [5, 5.41) is 9.11. The lowest BCUT2D eigenvalue weighted by atomic mass is 10.1. The summed E-state index contributed by atoms with van der Waals surface area (Å²) in [5.41, 5.74) is 1.00. The molecule has 0 saturated carbocycles. The van der Waals surface area contributed by atoms with Crippen LogP contribution < -0.4 is 15.4 Å². The van der Waals surface area contributed by atoms with E-state index >= 15 is 0 Å². The summed E-state index contributed by atoms with van der Waals surface area (Å²) in [6.07, 6.45) is -0.840. The lowest BCUT2D eigenvalue weighted by Gasteiger charge is -2.16. The Balaban J connectivity index is 1.69. The van der Waals surface area contributed by atoms with E-state index < -0.39 is 12.0 Å². The number of benzene rings is 2. The average Bonchev–Trinajstić information content (AvgIpc) is 3.07. The van der Waals surface area contributed by atoms with Crippen molar-refractivity contribution in [1.82, 2.24) is 5.16 Å². The zero-order chi connectivity index (χ0) is 19.2. The number of ether oxygens (including phenoxy) is 1. The van der Waals surface area contributed by atoms with E-state index in [1.807, 2.05) is 18.2 Å². The summed E-state index contributed by atoms with van der Waals surface area (Å²) in [7, 11) is 0. The van der Waals surface area contributed by atoms with Crippen LogP contribution >= 0.6 is 0 Å². The molecule has 0 saturated heterocycles. The van der Waals surface area contributed by atoms with Crippen molar-refractivity contribution in [1.29, 1.82) is 0 Å². The molecule has 7 nitrogen and oxygen atoms in total. The van der Waals surface area contributed by atoms with E-state index in [-0.39, 0.29) is 5.91 Å². The normalized spacial score (nSPS) is 11.5. The number of hydrogen-bond donors (Lipinski definition) is 2. The monoisotopic (exact) mass is 365 g/mol. The van der Waals surface area contributed by atoms with Crippen molar-refractivity contribution in [2.24, 2.45) is 0 Å². The third-order valence-electron chi connectivity index (χ3n) is 3.72. The molecule has 3 aromatic rings. The predicted molar refractivity (Wildman–Crippen MR) is 101 cm³/mol. The second-order valence-corrected chi connectivity index (χ2v) is 5.89. The van der Waals surface area contributed by atoms with Crippen LogP contribution in [0.1, 0.15) is 23.0 Å². The van der Waals surface area contributed by atoms with Gasteiger partial charge >= 0.3 is 0 Å². The number of nitrogens with one attached hydrogen (secondary N) is 2. The van der Waals surface area contributed by atoms with Gasteiger partial charge in [0.05, 0.1) is 5.56 Å². The van der Waals surface area contributed by atoms with Gasteiger partial charge in [-0.1, -0.05) is 35.5 Å². The number of aromatic nitrogens is 1. The smallest absolute Gasteiger partial charge is 0.266 e. The number of nitrogens with zero attached hydrogens (tertiary/aromatic N) is 1. The summed E-state index contributed by atoms with van der Waals surface area (Å²) < 4.78 is 10.6. The van der Waals surface area contributed by atoms with Crippen LogP contribution in [0.25, 0.3) is 0 Å². The van der Waals surface area contributed by atoms with Crippen LogP contribution in [-0.4, -0.2) is 23.1 Å². The first kappa shape index (κ1) is 18.2. The maximum Gasteiger partial charge on any atom is 0.266 e. The Kier molecular flexibility index (Phi) is 5.51. The number of rotatable bonds is 6. The minimum atomic E-state index is -0.840. The van der Waals surface area contributed by atoms with Gasteiger partial charge in [-0.3, -0.25) is 9.59 Å². The Morgan fingerprint density at radius 1 is 1.04 bits per heavy atom. The Morgan fingerprint density at radius 2 is 1.74 bits per heavy atom. The molecule has 0 unspecified atom stereocenters. The number of aryl methyl sites for hydroxylation is 1. The Hall–Kier alpha value is -3.61. The highest BCUT2D eigenvalue weighted by Crippen LogP contribution is 2.21. The van der Waals surface area contributed by atoms with Crippen LogP contribution in [-0.2, 0) is 4.79 Å². The molecular formula is C20H19N3O4. The van der Waals surface area contributed by atoms with Crippen molar-refractivity contribution >= 4 is 23.3 Å². The molecule has 1 aromatic heterocycles. The molecule has 2 aromatic carbocycles. The molecule has 0 aliphatic heterocycles. The largest absolute Gasteiger partial charge is 0.480 e. The molecule has 0 bridgehead atoms. The number of carbonyl (C=O) groups excluding carboxylic acids is 2. The number of anilines is 2. The van der Waals surface area contributed by atoms with Crippen LogP contribution in [0.4, 0.5) is 11.5 Å². The third kappa shape index (κ3) is 4.72. The minimum Gasteiger partial charge on any atom is -0.480 e. The van der Waals surface area contributed by atoms with E-state index in [1.54, 1.807) is 56.3 Å². The van der Waals surface area contributed by atoms with Crippen molar-refractivity contribution in [3.05, 3.63) is 72.0 Å². The average molecular weight is 365 g/mol. The Labute approximate surface area is 156 Å². The fraction of sp³-hybridized carbons (Fsp3) is 0.150. The highest BCUT2D eigenvalue weighted by atomic mass is 16.5. The summed E-state index contributed by atoms with van der Waals surface area (Å²) in [6.45, 7) is 3.32. The lowest BCUT2D eigenvalue weighted by Crippen LogP contribution is -2.31. The van der Waals surface area contributed by atoms with Gasteiger partial charge in [-0.2, -0.15) is 0 Å². The van der Waals surface area contributed by atoms with E-state index in [4.69, 9.17) is 9.26 Å². The minimum absolute atomic E-state index is 0.308. The van der Waals surface area contributed by atoms with Crippen LogP contribution in [0.5, 0.6) is 5.75 Å². The van der Waals surface area contributed by atoms with Gasteiger partial charge in [0.25, 0.3) is 11.8 Å². The van der Waals surface area contributed by atoms with Crippen molar-refractivity contribution < 1.29 is 18.8 Å². The molecule has 7 heteroatoms. The van der Waals surface area contributed by atoms with E-state index in [1.165, 1.54) is 0 Å². The zero-order valence-electron chi connectivity index (χ0n) is 14.9. The first-order valence-corrected chi connectivity index (χ1v) is 8.39. The maximum atomic E-state index is 12.6. The molecule has 138 valence electrons. The summed E-state index contributed by atoms with van der Waals surface area (Å²) >= 11 is 0. The molecule has 0 fully saturated rings. The van der Waals surface area contributed by atoms with Crippen LogP contribution in [0.2, 0.25) is 0 Å². The predicted octanol–water partition coefficient (Wildman–Crippen LogP) is 3.64. The molecule has 0 aliphatic rings. The number of hydrogen-bond acceptors (Lipinski definition) is 5. The van der Waals surface area contributed by atoms with Gasteiger partial charge in [-0.05, 0) is 38.1 Å². The van der Waals surface area contributed by atoms with Crippen molar-refractivity contribution in [2.45, 2.75) is 20.0 Å². The van der Waals surface area contributed by atoms with E-state index in [0.29, 0.717) is 28.6 Å². The standard InChI is InChI=1S/C20H19N3O4/c1-13-12-18(23-27-13)22-19(24)14(2)26-17-11-7-6-10-16(17)20(25)21-15-8-4-3-5-9-15/h3-12,14H,1-2H3,(H,21,25)(H,22,23,24)/t14-/m1/s1.